The number of benzene rings is 3. The minimum absolute atomic E-state index is 0.150. The summed E-state index contributed by atoms with van der Waals surface area (Å²) in [5.41, 5.74) is 6.21. The van der Waals surface area contributed by atoms with E-state index in [-0.39, 0.29) is 11.9 Å². The van der Waals surface area contributed by atoms with Crippen molar-refractivity contribution in [2.75, 3.05) is 10.6 Å². The van der Waals surface area contributed by atoms with E-state index in [9.17, 15) is 4.79 Å². The van der Waals surface area contributed by atoms with Crippen molar-refractivity contribution in [3.63, 3.8) is 0 Å². The molecule has 32 heavy (non-hydrogen) atoms. The van der Waals surface area contributed by atoms with Crippen LogP contribution < -0.4 is 10.6 Å². The van der Waals surface area contributed by atoms with Crippen molar-refractivity contribution in [3.8, 4) is 0 Å². The molecule has 0 bridgehead atoms. The molecule has 4 aromatic rings. The summed E-state index contributed by atoms with van der Waals surface area (Å²) in [4.78, 5) is 18.3. The zero-order chi connectivity index (χ0) is 22.2. The quantitative estimate of drug-likeness (QED) is 0.396. The number of carbonyl (C=O) groups is 1. The highest BCUT2D eigenvalue weighted by atomic mass is 35.5. The number of allylic oxidation sites excluding steroid dienone is 1. The van der Waals surface area contributed by atoms with Crippen LogP contribution in [-0.2, 0) is 11.2 Å². The van der Waals surface area contributed by atoms with E-state index >= 15 is 0 Å². The van der Waals surface area contributed by atoms with Crippen molar-refractivity contribution >= 4 is 40.2 Å². The lowest BCUT2D eigenvalue weighted by atomic mass is 9.94. The number of imidazole rings is 1. The van der Waals surface area contributed by atoms with Crippen LogP contribution >= 0.6 is 11.6 Å². The Balaban J connectivity index is 1.62. The minimum Gasteiger partial charge on any atom is -0.329 e. The van der Waals surface area contributed by atoms with E-state index in [1.807, 2.05) is 79.7 Å². The number of para-hydroxylation sites is 2. The van der Waals surface area contributed by atoms with E-state index in [0.29, 0.717) is 16.5 Å². The fraction of sp³-hybridized carbons (Fsp3) is 0.154. The fourth-order valence-electron chi connectivity index (χ4n) is 4.24. The molecule has 0 unspecified atom stereocenters. The summed E-state index contributed by atoms with van der Waals surface area (Å²) in [7, 11) is 0. The molecule has 2 heterocycles. The zero-order valence-electron chi connectivity index (χ0n) is 17.9. The number of halogens is 1. The first kappa shape index (κ1) is 20.3. The van der Waals surface area contributed by atoms with E-state index in [4.69, 9.17) is 16.6 Å². The second-order valence-corrected chi connectivity index (χ2v) is 8.35. The first-order chi connectivity index (χ1) is 15.5. The second kappa shape index (κ2) is 8.17. The number of amides is 1. The summed E-state index contributed by atoms with van der Waals surface area (Å²) < 4.78 is 2.08. The number of fused-ring (bicyclic) bond motifs is 3. The summed E-state index contributed by atoms with van der Waals surface area (Å²) in [6, 6.07) is 23.2. The summed E-state index contributed by atoms with van der Waals surface area (Å²) in [5, 5.41) is 7.07. The molecule has 160 valence electrons. The lowest BCUT2D eigenvalue weighted by Gasteiger charge is -2.30. The lowest BCUT2D eigenvalue weighted by molar-refractivity contribution is -0.113. The molecule has 2 N–H and O–H groups in total. The Labute approximate surface area is 191 Å². The van der Waals surface area contributed by atoms with E-state index in [1.165, 1.54) is 5.56 Å². The van der Waals surface area contributed by atoms with Crippen molar-refractivity contribution in [2.45, 2.75) is 26.3 Å². The summed E-state index contributed by atoms with van der Waals surface area (Å²) >= 11 is 6.16. The molecule has 0 radical (unpaired) electrons. The molecule has 5 rings (SSSR count). The maximum Gasteiger partial charge on any atom is 0.255 e. The van der Waals surface area contributed by atoms with E-state index < -0.39 is 0 Å². The van der Waals surface area contributed by atoms with Gasteiger partial charge < -0.3 is 10.6 Å². The van der Waals surface area contributed by atoms with Crippen molar-refractivity contribution in [3.05, 3.63) is 100 Å². The van der Waals surface area contributed by atoms with Crippen LogP contribution in [0.4, 0.5) is 11.6 Å². The van der Waals surface area contributed by atoms with Gasteiger partial charge in [-0.15, -0.1) is 0 Å². The smallest absolute Gasteiger partial charge is 0.255 e. The van der Waals surface area contributed by atoms with Gasteiger partial charge in [0.25, 0.3) is 5.91 Å². The van der Waals surface area contributed by atoms with Crippen molar-refractivity contribution in [1.29, 1.82) is 0 Å². The topological polar surface area (TPSA) is 59.0 Å². The second-order valence-electron chi connectivity index (χ2n) is 7.92. The molecule has 1 aliphatic rings. The third-order valence-electron chi connectivity index (χ3n) is 5.88. The number of rotatable bonds is 4. The third-order valence-corrected chi connectivity index (χ3v) is 6.13. The third kappa shape index (κ3) is 3.55. The van der Waals surface area contributed by atoms with Gasteiger partial charge in [-0.05, 0) is 60.9 Å². The molecular formula is C26H23ClN4O. The highest BCUT2D eigenvalue weighted by Crippen LogP contribution is 2.39. The van der Waals surface area contributed by atoms with Gasteiger partial charge in [0, 0.05) is 16.4 Å². The minimum atomic E-state index is -0.342. The SMILES string of the molecule is CCc1ccc(NC(=O)C2=C(C)Nc3nc4ccccc4n3[C@H]2c2ccc(Cl)cc2)cc1. The van der Waals surface area contributed by atoms with Gasteiger partial charge in [0.2, 0.25) is 5.95 Å². The Bertz CT molecular complexity index is 1340. The number of carbonyl (C=O) groups excluding carboxylic acids is 1. The molecule has 6 heteroatoms. The predicted octanol–water partition coefficient (Wildman–Crippen LogP) is 6.18. The number of nitrogens with zero attached hydrogens (tertiary/aromatic N) is 2. The van der Waals surface area contributed by atoms with E-state index in [1.54, 1.807) is 0 Å². The van der Waals surface area contributed by atoms with Crippen LogP contribution in [0.3, 0.4) is 0 Å². The van der Waals surface area contributed by atoms with Crippen LogP contribution in [0, 0.1) is 0 Å². The molecule has 0 saturated heterocycles. The number of aryl methyl sites for hydroxylation is 1. The first-order valence-electron chi connectivity index (χ1n) is 10.7. The normalized spacial score (nSPS) is 15.4. The highest BCUT2D eigenvalue weighted by molar-refractivity contribution is 6.30. The Morgan fingerprint density at radius 1 is 1.06 bits per heavy atom. The van der Waals surface area contributed by atoms with Crippen LogP contribution in [0.15, 0.2) is 84.1 Å². The Kier molecular flexibility index (Phi) is 5.19. The zero-order valence-corrected chi connectivity index (χ0v) is 18.6. The van der Waals surface area contributed by atoms with E-state index in [2.05, 4.69) is 22.1 Å². The molecule has 1 aromatic heterocycles. The van der Waals surface area contributed by atoms with Gasteiger partial charge in [-0.3, -0.25) is 9.36 Å². The van der Waals surface area contributed by atoms with Gasteiger partial charge in [-0.25, -0.2) is 4.98 Å². The molecule has 0 spiro atoms. The fourth-order valence-corrected chi connectivity index (χ4v) is 4.37. The van der Waals surface area contributed by atoms with Crippen molar-refractivity contribution in [1.82, 2.24) is 9.55 Å². The van der Waals surface area contributed by atoms with Gasteiger partial charge >= 0.3 is 0 Å². The summed E-state index contributed by atoms with van der Waals surface area (Å²) in [6.45, 7) is 4.03. The average Bonchev–Trinajstić information content (AvgIpc) is 3.17. The summed E-state index contributed by atoms with van der Waals surface area (Å²) in [5.74, 6) is 0.565. The molecule has 1 aliphatic heterocycles. The van der Waals surface area contributed by atoms with E-state index in [0.717, 1.165) is 34.4 Å². The van der Waals surface area contributed by atoms with Crippen molar-refractivity contribution in [2.24, 2.45) is 0 Å². The number of hydrogen-bond acceptors (Lipinski definition) is 3. The molecule has 0 fully saturated rings. The molecule has 0 saturated carbocycles. The highest BCUT2D eigenvalue weighted by Gasteiger charge is 2.34. The van der Waals surface area contributed by atoms with Crippen LogP contribution in [0.25, 0.3) is 11.0 Å². The number of anilines is 2. The molecule has 0 aliphatic carbocycles. The van der Waals surface area contributed by atoms with Crippen LogP contribution in [0.1, 0.15) is 31.0 Å². The molecule has 3 aromatic carbocycles. The van der Waals surface area contributed by atoms with Gasteiger partial charge in [0.05, 0.1) is 22.6 Å². The molecular weight excluding hydrogens is 420 g/mol. The Morgan fingerprint density at radius 3 is 2.50 bits per heavy atom. The molecule has 1 atom stereocenters. The lowest BCUT2D eigenvalue weighted by Crippen LogP contribution is -2.30. The Hall–Kier alpha value is -3.57. The van der Waals surface area contributed by atoms with Gasteiger partial charge in [-0.2, -0.15) is 0 Å². The maximum absolute atomic E-state index is 13.6. The first-order valence-corrected chi connectivity index (χ1v) is 11.0. The van der Waals surface area contributed by atoms with Crippen molar-refractivity contribution < 1.29 is 4.79 Å². The number of hydrogen-bond donors (Lipinski definition) is 2. The maximum atomic E-state index is 13.6. The van der Waals surface area contributed by atoms with Gasteiger partial charge in [0.1, 0.15) is 0 Å². The van der Waals surface area contributed by atoms with Gasteiger partial charge in [0.15, 0.2) is 0 Å². The Morgan fingerprint density at radius 2 is 1.78 bits per heavy atom. The standard InChI is InChI=1S/C26H23ClN4O/c1-3-17-8-14-20(15-9-17)29-25(32)23-16(2)28-26-30-21-6-4-5-7-22(21)31(26)24(23)18-10-12-19(27)13-11-18/h4-15,24H,3H2,1-2H3,(H,28,30)(H,29,32)/t24-/m0/s1. The monoisotopic (exact) mass is 442 g/mol. The number of aromatic nitrogens is 2. The summed E-state index contributed by atoms with van der Waals surface area (Å²) in [6.07, 6.45) is 0.956. The number of nitrogens with one attached hydrogen (secondary N) is 2. The van der Waals surface area contributed by atoms with Crippen LogP contribution in [0.2, 0.25) is 5.02 Å². The largest absolute Gasteiger partial charge is 0.329 e. The van der Waals surface area contributed by atoms with Gasteiger partial charge in [-0.1, -0.05) is 54.9 Å². The van der Waals surface area contributed by atoms with Crippen LogP contribution in [-0.4, -0.2) is 15.5 Å². The average molecular weight is 443 g/mol. The predicted molar refractivity (Wildman–Crippen MR) is 130 cm³/mol. The molecule has 5 nitrogen and oxygen atoms in total. The molecule has 1 amide bonds. The van der Waals surface area contributed by atoms with Crippen LogP contribution in [0.5, 0.6) is 0 Å².